The molecule has 0 amide bonds. The van der Waals surface area contributed by atoms with Crippen LogP contribution in [0.4, 0.5) is 0 Å². The second kappa shape index (κ2) is 6.83. The van der Waals surface area contributed by atoms with Crippen molar-refractivity contribution in [2.45, 2.75) is 44.3 Å². The van der Waals surface area contributed by atoms with Crippen LogP contribution in [-0.4, -0.2) is 32.8 Å². The van der Waals surface area contributed by atoms with E-state index in [9.17, 15) is 5.11 Å². The molecule has 3 rings (SSSR count). The zero-order chi connectivity index (χ0) is 14.5. The van der Waals surface area contributed by atoms with Crippen molar-refractivity contribution >= 4 is 0 Å². The maximum atomic E-state index is 10.2. The van der Waals surface area contributed by atoms with E-state index < -0.39 is 6.10 Å². The first kappa shape index (κ1) is 14.2. The first-order valence-corrected chi connectivity index (χ1v) is 7.60. The lowest BCUT2D eigenvalue weighted by atomic mass is 10.1. The van der Waals surface area contributed by atoms with Gasteiger partial charge in [-0.25, -0.2) is 0 Å². The fourth-order valence-corrected chi connectivity index (χ4v) is 2.67. The molecule has 1 aliphatic heterocycles. The van der Waals surface area contributed by atoms with E-state index in [1.807, 2.05) is 30.3 Å². The molecule has 5 heteroatoms. The molecule has 2 aromatic rings. The smallest absolute Gasteiger partial charge is 0.112 e. The van der Waals surface area contributed by atoms with E-state index in [0.717, 1.165) is 31.6 Å². The molecular formula is C16H21N3O2. The van der Waals surface area contributed by atoms with E-state index in [1.54, 1.807) is 11.0 Å². The predicted molar refractivity (Wildman–Crippen MR) is 79.1 cm³/mol. The molecular weight excluding hydrogens is 266 g/mol. The highest BCUT2D eigenvalue weighted by molar-refractivity contribution is 5.28. The second-order valence-electron chi connectivity index (χ2n) is 5.48. The lowest BCUT2D eigenvalue weighted by Gasteiger charge is -2.10. The van der Waals surface area contributed by atoms with Crippen LogP contribution in [0.3, 0.4) is 0 Å². The fraction of sp³-hybridized carbons (Fsp3) is 0.500. The highest BCUT2D eigenvalue weighted by Crippen LogP contribution is 2.22. The first-order valence-electron chi connectivity index (χ1n) is 7.60. The first-order chi connectivity index (χ1) is 10.3. The number of nitrogens with zero attached hydrogens (tertiary/aromatic N) is 3. The molecule has 1 saturated heterocycles. The van der Waals surface area contributed by atoms with E-state index in [-0.39, 0.29) is 0 Å². The van der Waals surface area contributed by atoms with Crippen molar-refractivity contribution in [1.29, 1.82) is 0 Å². The molecule has 5 nitrogen and oxygen atoms in total. The van der Waals surface area contributed by atoms with Crippen molar-refractivity contribution in [3.8, 4) is 5.69 Å². The van der Waals surface area contributed by atoms with Crippen molar-refractivity contribution in [1.82, 2.24) is 15.0 Å². The van der Waals surface area contributed by atoms with Gasteiger partial charge in [-0.15, -0.1) is 0 Å². The minimum absolute atomic E-state index is 0.386. The number of aliphatic hydroxyl groups excluding tert-OH is 1. The molecule has 1 fully saturated rings. The quantitative estimate of drug-likeness (QED) is 0.887. The average molecular weight is 287 g/mol. The van der Waals surface area contributed by atoms with Crippen LogP contribution >= 0.6 is 0 Å². The summed E-state index contributed by atoms with van der Waals surface area (Å²) in [5, 5.41) is 18.8. The molecule has 2 unspecified atom stereocenters. The van der Waals surface area contributed by atoms with Crippen LogP contribution in [0.1, 0.15) is 43.9 Å². The van der Waals surface area contributed by atoms with Crippen LogP contribution in [-0.2, 0) is 4.74 Å². The molecule has 2 atom stereocenters. The van der Waals surface area contributed by atoms with Gasteiger partial charge in [0.2, 0.25) is 0 Å². The number of benzene rings is 1. The predicted octanol–water partition coefficient (Wildman–Crippen LogP) is 2.65. The van der Waals surface area contributed by atoms with Crippen LogP contribution in [0.25, 0.3) is 5.69 Å². The van der Waals surface area contributed by atoms with Crippen LogP contribution in [0.15, 0.2) is 36.5 Å². The third kappa shape index (κ3) is 3.68. The van der Waals surface area contributed by atoms with Gasteiger partial charge in [0.15, 0.2) is 0 Å². The number of rotatable bonds is 6. The summed E-state index contributed by atoms with van der Waals surface area (Å²) in [5.41, 5.74) is 1.53. The third-order valence-corrected chi connectivity index (χ3v) is 3.87. The van der Waals surface area contributed by atoms with Crippen LogP contribution in [0.5, 0.6) is 0 Å². The number of aromatic nitrogens is 3. The Hall–Kier alpha value is -1.72. The van der Waals surface area contributed by atoms with Gasteiger partial charge in [-0.05, 0) is 44.2 Å². The number of aliphatic hydroxyl groups is 1. The Bertz CT molecular complexity index is 550. The minimum Gasteiger partial charge on any atom is -0.387 e. The molecule has 0 saturated carbocycles. The molecule has 2 heterocycles. The lowest BCUT2D eigenvalue weighted by molar-refractivity contribution is 0.0939. The number of hydrogen-bond acceptors (Lipinski definition) is 4. The Kier molecular flexibility index (Phi) is 4.62. The normalized spacial score (nSPS) is 19.8. The van der Waals surface area contributed by atoms with Crippen LogP contribution < -0.4 is 0 Å². The maximum Gasteiger partial charge on any atom is 0.112 e. The SMILES string of the molecule is OC(CCCC1CCCO1)c1cnn(-c2ccccc2)n1. The van der Waals surface area contributed by atoms with Gasteiger partial charge in [-0.3, -0.25) is 0 Å². The van der Waals surface area contributed by atoms with Gasteiger partial charge in [0, 0.05) is 6.61 Å². The monoisotopic (exact) mass is 287 g/mol. The Balaban J connectivity index is 1.53. The molecule has 0 bridgehead atoms. The molecule has 0 aliphatic carbocycles. The van der Waals surface area contributed by atoms with Crippen molar-refractivity contribution in [3.05, 3.63) is 42.2 Å². The standard InChI is InChI=1S/C16H21N3O2/c20-16(10-4-8-14-9-5-11-21-14)15-12-17-19(18-15)13-6-2-1-3-7-13/h1-3,6-7,12,14,16,20H,4-5,8-11H2. The third-order valence-electron chi connectivity index (χ3n) is 3.87. The molecule has 1 aliphatic rings. The van der Waals surface area contributed by atoms with Crippen molar-refractivity contribution in [2.75, 3.05) is 6.61 Å². The zero-order valence-corrected chi connectivity index (χ0v) is 12.1. The fourth-order valence-electron chi connectivity index (χ4n) is 2.67. The van der Waals surface area contributed by atoms with E-state index >= 15 is 0 Å². The van der Waals surface area contributed by atoms with Gasteiger partial charge in [-0.1, -0.05) is 18.2 Å². The Morgan fingerprint density at radius 3 is 2.95 bits per heavy atom. The van der Waals surface area contributed by atoms with E-state index in [4.69, 9.17) is 4.74 Å². The Morgan fingerprint density at radius 2 is 2.19 bits per heavy atom. The largest absolute Gasteiger partial charge is 0.387 e. The average Bonchev–Trinajstić information content (AvgIpc) is 3.20. The van der Waals surface area contributed by atoms with E-state index in [2.05, 4.69) is 10.2 Å². The number of para-hydroxylation sites is 1. The van der Waals surface area contributed by atoms with Gasteiger partial charge >= 0.3 is 0 Å². The van der Waals surface area contributed by atoms with Gasteiger partial charge in [0.05, 0.1) is 24.1 Å². The van der Waals surface area contributed by atoms with E-state index in [1.165, 1.54) is 6.42 Å². The molecule has 112 valence electrons. The van der Waals surface area contributed by atoms with Gasteiger partial charge in [-0.2, -0.15) is 15.0 Å². The number of ether oxygens (including phenoxy) is 1. The maximum absolute atomic E-state index is 10.2. The van der Waals surface area contributed by atoms with Crippen LogP contribution in [0.2, 0.25) is 0 Å². The van der Waals surface area contributed by atoms with Crippen molar-refractivity contribution < 1.29 is 9.84 Å². The van der Waals surface area contributed by atoms with Crippen LogP contribution in [0, 0.1) is 0 Å². The Morgan fingerprint density at radius 1 is 1.33 bits per heavy atom. The second-order valence-corrected chi connectivity index (χ2v) is 5.48. The molecule has 1 aromatic carbocycles. The summed E-state index contributed by atoms with van der Waals surface area (Å²) in [6, 6.07) is 9.71. The summed E-state index contributed by atoms with van der Waals surface area (Å²) in [7, 11) is 0. The minimum atomic E-state index is -0.552. The molecule has 21 heavy (non-hydrogen) atoms. The lowest BCUT2D eigenvalue weighted by Crippen LogP contribution is -2.06. The van der Waals surface area contributed by atoms with Gasteiger partial charge < -0.3 is 9.84 Å². The van der Waals surface area contributed by atoms with E-state index in [0.29, 0.717) is 18.2 Å². The topological polar surface area (TPSA) is 60.2 Å². The number of hydrogen-bond donors (Lipinski definition) is 1. The van der Waals surface area contributed by atoms with Crippen molar-refractivity contribution in [2.24, 2.45) is 0 Å². The summed E-state index contributed by atoms with van der Waals surface area (Å²) in [6.07, 6.45) is 6.46. The summed E-state index contributed by atoms with van der Waals surface area (Å²) < 4.78 is 5.59. The highest BCUT2D eigenvalue weighted by Gasteiger charge is 2.17. The van der Waals surface area contributed by atoms with Crippen molar-refractivity contribution in [3.63, 3.8) is 0 Å². The Labute approximate surface area is 124 Å². The molecule has 1 aromatic heterocycles. The molecule has 1 N–H and O–H groups in total. The van der Waals surface area contributed by atoms with Gasteiger partial charge in [0.25, 0.3) is 0 Å². The zero-order valence-electron chi connectivity index (χ0n) is 12.1. The summed E-state index contributed by atoms with van der Waals surface area (Å²) in [4.78, 5) is 1.55. The summed E-state index contributed by atoms with van der Waals surface area (Å²) in [5.74, 6) is 0. The van der Waals surface area contributed by atoms with Gasteiger partial charge in [0.1, 0.15) is 5.69 Å². The molecule has 0 radical (unpaired) electrons. The molecule has 0 spiro atoms. The summed E-state index contributed by atoms with van der Waals surface area (Å²) in [6.45, 7) is 0.888. The highest BCUT2D eigenvalue weighted by atomic mass is 16.5. The summed E-state index contributed by atoms with van der Waals surface area (Å²) >= 11 is 0.